The second-order valence-corrected chi connectivity index (χ2v) is 11.6. The van der Waals surface area contributed by atoms with Crippen LogP contribution >= 0.6 is 11.8 Å². The minimum atomic E-state index is -0.506. The summed E-state index contributed by atoms with van der Waals surface area (Å²) in [5.41, 5.74) is 4.41. The summed E-state index contributed by atoms with van der Waals surface area (Å²) < 4.78 is 5.31. The Bertz CT molecular complexity index is 1820. The molecule has 5 rings (SSSR count). The normalized spacial score (nSPS) is 11.7. The van der Waals surface area contributed by atoms with Crippen LogP contribution in [0.25, 0.3) is 6.08 Å². The highest BCUT2D eigenvalue weighted by molar-refractivity contribution is 8.00. The summed E-state index contributed by atoms with van der Waals surface area (Å²) in [6, 6.07) is 40.4. The molecule has 7 nitrogen and oxygen atoms in total. The van der Waals surface area contributed by atoms with Crippen molar-refractivity contribution in [1.82, 2.24) is 5.32 Å². The molecule has 8 heteroatoms. The lowest BCUT2D eigenvalue weighted by Gasteiger charge is -2.18. The predicted molar refractivity (Wildman–Crippen MR) is 185 cm³/mol. The fourth-order valence-corrected chi connectivity index (χ4v) is 5.56. The third kappa shape index (κ3) is 8.74. The molecule has 0 radical (unpaired) electrons. The second-order valence-electron chi connectivity index (χ2n) is 10.4. The van der Waals surface area contributed by atoms with E-state index in [1.54, 1.807) is 67.8 Å². The van der Waals surface area contributed by atoms with E-state index >= 15 is 0 Å². The lowest BCUT2D eigenvalue weighted by Crippen LogP contribution is -2.30. The van der Waals surface area contributed by atoms with E-state index in [9.17, 15) is 14.4 Å². The smallest absolute Gasteiger partial charge is 0.272 e. The number of carbonyl (C=O) groups excluding carboxylic acids is 3. The zero-order valence-corrected chi connectivity index (χ0v) is 26.2. The average Bonchev–Trinajstić information content (AvgIpc) is 3.09. The van der Waals surface area contributed by atoms with Crippen LogP contribution in [-0.4, -0.2) is 24.8 Å². The number of hydrogen-bond donors (Lipinski definition) is 3. The first kappa shape index (κ1) is 31.8. The summed E-state index contributed by atoms with van der Waals surface area (Å²) in [4.78, 5) is 40.7. The van der Waals surface area contributed by atoms with Gasteiger partial charge in [-0.3, -0.25) is 14.4 Å². The Morgan fingerprint density at radius 2 is 1.35 bits per heavy atom. The zero-order valence-electron chi connectivity index (χ0n) is 25.4. The number of methoxy groups -OCH3 is 1. The van der Waals surface area contributed by atoms with Gasteiger partial charge in [-0.1, -0.05) is 78.4 Å². The topological polar surface area (TPSA) is 96.5 Å². The van der Waals surface area contributed by atoms with Gasteiger partial charge in [0.25, 0.3) is 11.8 Å². The zero-order chi connectivity index (χ0) is 32.3. The Morgan fingerprint density at radius 1 is 0.717 bits per heavy atom. The molecule has 0 heterocycles. The number of nitrogens with one attached hydrogen (secondary N) is 3. The van der Waals surface area contributed by atoms with Gasteiger partial charge in [0.15, 0.2) is 0 Å². The van der Waals surface area contributed by atoms with E-state index < -0.39 is 17.1 Å². The molecule has 0 bridgehead atoms. The Labute approximate surface area is 272 Å². The van der Waals surface area contributed by atoms with E-state index in [-0.39, 0.29) is 11.6 Å². The van der Waals surface area contributed by atoms with Crippen LogP contribution in [0.15, 0.2) is 144 Å². The molecule has 230 valence electrons. The molecule has 0 aliphatic carbocycles. The molecule has 1 unspecified atom stereocenters. The van der Waals surface area contributed by atoms with Crippen LogP contribution in [0.3, 0.4) is 0 Å². The van der Waals surface area contributed by atoms with Crippen molar-refractivity contribution in [2.75, 3.05) is 17.7 Å². The van der Waals surface area contributed by atoms with Crippen molar-refractivity contribution in [2.45, 2.75) is 17.1 Å². The minimum absolute atomic E-state index is 0.0671. The molecule has 0 saturated carbocycles. The first-order valence-electron chi connectivity index (χ1n) is 14.6. The highest BCUT2D eigenvalue weighted by Gasteiger charge is 2.22. The molecular formula is C38H33N3O4S. The van der Waals surface area contributed by atoms with E-state index in [1.807, 2.05) is 85.8 Å². The molecule has 0 fully saturated rings. The van der Waals surface area contributed by atoms with Crippen LogP contribution in [0.5, 0.6) is 5.75 Å². The number of aryl methyl sites for hydroxylation is 1. The van der Waals surface area contributed by atoms with Crippen molar-refractivity contribution in [1.29, 1.82) is 0 Å². The Kier molecular flexibility index (Phi) is 10.7. The number of benzene rings is 5. The quantitative estimate of drug-likeness (QED) is 0.102. The molecule has 0 saturated heterocycles. The molecule has 1 atom stereocenters. The number of thioether (sulfide) groups is 1. The molecule has 5 aromatic rings. The van der Waals surface area contributed by atoms with Crippen molar-refractivity contribution in [2.24, 2.45) is 0 Å². The predicted octanol–water partition coefficient (Wildman–Crippen LogP) is 7.89. The monoisotopic (exact) mass is 627 g/mol. The summed E-state index contributed by atoms with van der Waals surface area (Å²) in [5, 5.41) is 8.15. The number of ether oxygens (including phenoxy) is 1. The van der Waals surface area contributed by atoms with Crippen molar-refractivity contribution < 1.29 is 19.1 Å². The molecular weight excluding hydrogens is 595 g/mol. The third-order valence-corrected chi connectivity index (χ3v) is 8.23. The second kappa shape index (κ2) is 15.4. The van der Waals surface area contributed by atoms with Gasteiger partial charge < -0.3 is 20.7 Å². The van der Waals surface area contributed by atoms with Crippen molar-refractivity contribution in [3.8, 4) is 5.75 Å². The van der Waals surface area contributed by atoms with Crippen LogP contribution in [0.4, 0.5) is 11.4 Å². The SMILES string of the molecule is COc1cccc(/C=C(\NC(=O)c2ccccc2)C(=O)Nc2ccc(SC(C(=O)Nc3ccc(C)cc3)c3ccccc3)cc2)c1. The number of amides is 3. The van der Waals surface area contributed by atoms with E-state index in [1.165, 1.54) is 11.8 Å². The van der Waals surface area contributed by atoms with Gasteiger partial charge in [-0.2, -0.15) is 0 Å². The lowest BCUT2D eigenvalue weighted by molar-refractivity contribution is -0.116. The first-order chi connectivity index (χ1) is 22.4. The van der Waals surface area contributed by atoms with Gasteiger partial charge in [0.1, 0.15) is 16.7 Å². The van der Waals surface area contributed by atoms with Gasteiger partial charge >= 0.3 is 0 Å². The fourth-order valence-electron chi connectivity index (χ4n) is 4.54. The summed E-state index contributed by atoms with van der Waals surface area (Å²) in [5.74, 6) is -0.420. The summed E-state index contributed by atoms with van der Waals surface area (Å²) in [6.07, 6.45) is 1.60. The van der Waals surface area contributed by atoms with E-state index in [2.05, 4.69) is 16.0 Å². The van der Waals surface area contributed by atoms with Gasteiger partial charge in [0.2, 0.25) is 5.91 Å². The molecule has 5 aromatic carbocycles. The molecule has 46 heavy (non-hydrogen) atoms. The van der Waals surface area contributed by atoms with Gasteiger partial charge in [0, 0.05) is 21.8 Å². The maximum absolute atomic E-state index is 13.5. The van der Waals surface area contributed by atoms with Crippen LogP contribution in [-0.2, 0) is 9.59 Å². The molecule has 0 aliphatic heterocycles. The van der Waals surface area contributed by atoms with Crippen LogP contribution in [0.1, 0.15) is 32.3 Å². The number of anilines is 2. The molecule has 3 amide bonds. The summed E-state index contributed by atoms with van der Waals surface area (Å²) in [7, 11) is 1.56. The van der Waals surface area contributed by atoms with Crippen LogP contribution in [0.2, 0.25) is 0 Å². The van der Waals surface area contributed by atoms with E-state index in [4.69, 9.17) is 4.74 Å². The Balaban J connectivity index is 1.33. The Morgan fingerprint density at radius 3 is 2.02 bits per heavy atom. The van der Waals surface area contributed by atoms with Crippen molar-refractivity contribution >= 4 is 46.9 Å². The lowest BCUT2D eigenvalue weighted by atomic mass is 10.1. The maximum atomic E-state index is 13.5. The van der Waals surface area contributed by atoms with Gasteiger partial charge in [-0.05, 0) is 84.8 Å². The standard InChI is InChI=1S/C38H33N3O4S/c1-26-16-18-30(19-17-26)40-38(44)35(28-11-5-3-6-12-28)46-33-22-20-31(21-23-33)39-37(43)34(25-27-10-9-15-32(24-27)45-2)41-36(42)29-13-7-4-8-14-29/h3-25,35H,1-2H3,(H,39,43)(H,40,44)(H,41,42)/b34-25-. The number of rotatable bonds is 11. The van der Waals surface area contributed by atoms with Gasteiger partial charge in [-0.15, -0.1) is 11.8 Å². The number of hydrogen-bond acceptors (Lipinski definition) is 5. The van der Waals surface area contributed by atoms with Crippen LogP contribution in [0, 0.1) is 6.92 Å². The number of carbonyl (C=O) groups is 3. The summed E-state index contributed by atoms with van der Waals surface area (Å²) >= 11 is 1.41. The van der Waals surface area contributed by atoms with Crippen LogP contribution < -0.4 is 20.7 Å². The molecule has 0 aromatic heterocycles. The highest BCUT2D eigenvalue weighted by atomic mass is 32.2. The average molecular weight is 628 g/mol. The molecule has 0 spiro atoms. The Hall–Kier alpha value is -5.60. The molecule has 0 aliphatic rings. The van der Waals surface area contributed by atoms with Crippen molar-refractivity contribution in [3.63, 3.8) is 0 Å². The van der Waals surface area contributed by atoms with Crippen molar-refractivity contribution in [3.05, 3.63) is 161 Å². The van der Waals surface area contributed by atoms with Gasteiger partial charge in [-0.25, -0.2) is 0 Å². The maximum Gasteiger partial charge on any atom is 0.272 e. The van der Waals surface area contributed by atoms with E-state index in [0.717, 1.165) is 21.7 Å². The first-order valence-corrected chi connectivity index (χ1v) is 15.5. The van der Waals surface area contributed by atoms with Gasteiger partial charge in [0.05, 0.1) is 7.11 Å². The minimum Gasteiger partial charge on any atom is -0.497 e. The molecule has 3 N–H and O–H groups in total. The summed E-state index contributed by atoms with van der Waals surface area (Å²) in [6.45, 7) is 2.00. The largest absolute Gasteiger partial charge is 0.497 e. The van der Waals surface area contributed by atoms with E-state index in [0.29, 0.717) is 22.6 Å². The third-order valence-electron chi connectivity index (χ3n) is 6.96. The highest BCUT2D eigenvalue weighted by Crippen LogP contribution is 2.37. The fraction of sp³-hybridized carbons (Fsp3) is 0.0789.